The van der Waals surface area contributed by atoms with Crippen molar-refractivity contribution >= 4 is 23.2 Å². The standard InChI is InChI=1S/C18H21Cl2N3/c1-14-4-2-3-5-16(14)13-23-8-6-22(7-9-23)12-15-10-17(19)21-18(20)11-15/h2-5,10-11H,6-9,12-13H2,1H3. The highest BCUT2D eigenvalue weighted by atomic mass is 35.5. The fraction of sp³-hybridized carbons (Fsp3) is 0.389. The quantitative estimate of drug-likeness (QED) is 0.777. The minimum atomic E-state index is 0.464. The summed E-state index contributed by atoms with van der Waals surface area (Å²) in [5.74, 6) is 0. The summed E-state index contributed by atoms with van der Waals surface area (Å²) in [6.45, 7) is 8.38. The molecule has 0 bridgehead atoms. The van der Waals surface area contributed by atoms with Crippen molar-refractivity contribution in [1.29, 1.82) is 0 Å². The van der Waals surface area contributed by atoms with Gasteiger partial charge in [0.05, 0.1) is 0 Å². The number of benzene rings is 1. The number of piperazine rings is 1. The van der Waals surface area contributed by atoms with E-state index >= 15 is 0 Å². The third-order valence-corrected chi connectivity index (χ3v) is 4.74. The first-order valence-corrected chi connectivity index (χ1v) is 8.67. The lowest BCUT2D eigenvalue weighted by Gasteiger charge is -2.35. The van der Waals surface area contributed by atoms with Crippen LogP contribution in [0.25, 0.3) is 0 Å². The number of nitrogens with zero attached hydrogens (tertiary/aromatic N) is 3. The molecule has 1 fully saturated rings. The molecule has 1 saturated heterocycles. The number of halogens is 2. The topological polar surface area (TPSA) is 19.4 Å². The van der Waals surface area contributed by atoms with Gasteiger partial charge in [-0.25, -0.2) is 4.98 Å². The third-order valence-electron chi connectivity index (χ3n) is 4.35. The van der Waals surface area contributed by atoms with Gasteiger partial charge >= 0.3 is 0 Å². The van der Waals surface area contributed by atoms with E-state index in [2.05, 4.69) is 46.0 Å². The third kappa shape index (κ3) is 4.67. The Morgan fingerprint density at radius 2 is 1.48 bits per heavy atom. The Bertz CT molecular complexity index is 647. The van der Waals surface area contributed by atoms with E-state index in [0.717, 1.165) is 44.8 Å². The Hall–Kier alpha value is -1.13. The van der Waals surface area contributed by atoms with Crippen LogP contribution >= 0.6 is 23.2 Å². The molecule has 0 amide bonds. The molecule has 2 aromatic rings. The predicted octanol–water partition coefficient (Wildman–Crippen LogP) is 4.01. The van der Waals surface area contributed by atoms with Crippen LogP contribution in [0.15, 0.2) is 36.4 Å². The maximum absolute atomic E-state index is 5.97. The Kier molecular flexibility index (Phi) is 5.54. The Morgan fingerprint density at radius 3 is 2.09 bits per heavy atom. The zero-order valence-corrected chi connectivity index (χ0v) is 14.8. The van der Waals surface area contributed by atoms with Gasteiger partial charge in [-0.2, -0.15) is 0 Å². The lowest BCUT2D eigenvalue weighted by atomic mass is 10.1. The number of aromatic nitrogens is 1. The molecule has 0 unspecified atom stereocenters. The van der Waals surface area contributed by atoms with Gasteiger partial charge in [-0.1, -0.05) is 47.5 Å². The molecule has 1 aromatic carbocycles. The van der Waals surface area contributed by atoms with E-state index in [1.54, 1.807) is 0 Å². The van der Waals surface area contributed by atoms with E-state index in [-0.39, 0.29) is 0 Å². The molecule has 0 saturated carbocycles. The minimum Gasteiger partial charge on any atom is -0.297 e. The van der Waals surface area contributed by atoms with Crippen molar-refractivity contribution in [2.75, 3.05) is 26.2 Å². The smallest absolute Gasteiger partial charge is 0.131 e. The summed E-state index contributed by atoms with van der Waals surface area (Å²) in [6, 6.07) is 12.4. The van der Waals surface area contributed by atoms with Crippen LogP contribution in [0.5, 0.6) is 0 Å². The molecule has 1 aliphatic rings. The normalized spacial score (nSPS) is 16.7. The SMILES string of the molecule is Cc1ccccc1CN1CCN(Cc2cc(Cl)nc(Cl)c2)CC1. The number of aryl methyl sites for hydroxylation is 1. The van der Waals surface area contributed by atoms with Gasteiger partial charge in [-0.05, 0) is 35.7 Å². The van der Waals surface area contributed by atoms with Gasteiger partial charge in [0.2, 0.25) is 0 Å². The average Bonchev–Trinajstić information content (AvgIpc) is 2.50. The second kappa shape index (κ2) is 7.63. The molecule has 3 nitrogen and oxygen atoms in total. The summed E-state index contributed by atoms with van der Waals surface area (Å²) in [5.41, 5.74) is 3.92. The Labute approximate surface area is 147 Å². The van der Waals surface area contributed by atoms with Crippen molar-refractivity contribution in [2.24, 2.45) is 0 Å². The molecular formula is C18H21Cl2N3. The van der Waals surface area contributed by atoms with Crippen LogP contribution in [-0.2, 0) is 13.1 Å². The first kappa shape index (κ1) is 16.7. The largest absolute Gasteiger partial charge is 0.297 e. The van der Waals surface area contributed by atoms with E-state index in [1.165, 1.54) is 11.1 Å². The molecule has 1 aromatic heterocycles. The van der Waals surface area contributed by atoms with Crippen LogP contribution in [-0.4, -0.2) is 41.0 Å². The van der Waals surface area contributed by atoms with Crippen LogP contribution in [0.4, 0.5) is 0 Å². The predicted molar refractivity (Wildman–Crippen MR) is 96.0 cm³/mol. The second-order valence-corrected chi connectivity index (χ2v) is 6.87. The lowest BCUT2D eigenvalue weighted by molar-refractivity contribution is 0.122. The molecule has 0 atom stereocenters. The molecule has 0 aliphatic carbocycles. The zero-order chi connectivity index (χ0) is 16.2. The summed E-state index contributed by atoms with van der Waals surface area (Å²) in [5, 5.41) is 0.927. The van der Waals surface area contributed by atoms with E-state index < -0.39 is 0 Å². The highest BCUT2D eigenvalue weighted by molar-refractivity contribution is 6.32. The fourth-order valence-corrected chi connectivity index (χ4v) is 3.50. The van der Waals surface area contributed by atoms with Crippen LogP contribution in [0.3, 0.4) is 0 Å². The van der Waals surface area contributed by atoms with Gasteiger partial charge in [-0.15, -0.1) is 0 Å². The zero-order valence-electron chi connectivity index (χ0n) is 13.3. The number of hydrogen-bond acceptors (Lipinski definition) is 3. The molecule has 2 heterocycles. The van der Waals surface area contributed by atoms with Crippen LogP contribution < -0.4 is 0 Å². The molecule has 122 valence electrons. The summed E-state index contributed by atoms with van der Waals surface area (Å²) in [7, 11) is 0. The summed E-state index contributed by atoms with van der Waals surface area (Å²) in [4.78, 5) is 8.96. The second-order valence-electron chi connectivity index (χ2n) is 6.10. The summed E-state index contributed by atoms with van der Waals surface area (Å²) >= 11 is 11.9. The molecule has 5 heteroatoms. The first-order chi connectivity index (χ1) is 11.1. The molecule has 1 aliphatic heterocycles. The Balaban J connectivity index is 1.53. The first-order valence-electron chi connectivity index (χ1n) is 7.91. The van der Waals surface area contributed by atoms with Crippen molar-refractivity contribution in [3.05, 3.63) is 63.4 Å². The molecule has 0 radical (unpaired) electrons. The van der Waals surface area contributed by atoms with Crippen LogP contribution in [0.2, 0.25) is 10.3 Å². The summed E-state index contributed by atoms with van der Waals surface area (Å²) in [6.07, 6.45) is 0. The number of rotatable bonds is 4. The van der Waals surface area contributed by atoms with Gasteiger partial charge in [0, 0.05) is 39.3 Å². The van der Waals surface area contributed by atoms with E-state index in [4.69, 9.17) is 23.2 Å². The van der Waals surface area contributed by atoms with Crippen LogP contribution in [0, 0.1) is 6.92 Å². The highest BCUT2D eigenvalue weighted by Gasteiger charge is 2.18. The molecule has 0 N–H and O–H groups in total. The maximum atomic E-state index is 5.97. The van der Waals surface area contributed by atoms with Gasteiger partial charge in [0.1, 0.15) is 10.3 Å². The monoisotopic (exact) mass is 349 g/mol. The number of pyridine rings is 1. The minimum absolute atomic E-state index is 0.464. The van der Waals surface area contributed by atoms with Crippen molar-refractivity contribution in [3.8, 4) is 0 Å². The van der Waals surface area contributed by atoms with Crippen molar-refractivity contribution in [2.45, 2.75) is 20.0 Å². The highest BCUT2D eigenvalue weighted by Crippen LogP contribution is 2.18. The van der Waals surface area contributed by atoms with Gasteiger partial charge < -0.3 is 0 Å². The van der Waals surface area contributed by atoms with Gasteiger partial charge in [0.15, 0.2) is 0 Å². The molecule has 23 heavy (non-hydrogen) atoms. The lowest BCUT2D eigenvalue weighted by Crippen LogP contribution is -2.45. The van der Waals surface area contributed by atoms with E-state index in [9.17, 15) is 0 Å². The molecular weight excluding hydrogens is 329 g/mol. The van der Waals surface area contributed by atoms with Gasteiger partial charge in [0.25, 0.3) is 0 Å². The van der Waals surface area contributed by atoms with Crippen molar-refractivity contribution in [1.82, 2.24) is 14.8 Å². The van der Waals surface area contributed by atoms with E-state index in [0.29, 0.717) is 10.3 Å². The maximum Gasteiger partial charge on any atom is 0.131 e. The Morgan fingerprint density at radius 1 is 0.913 bits per heavy atom. The van der Waals surface area contributed by atoms with E-state index in [1.807, 2.05) is 12.1 Å². The van der Waals surface area contributed by atoms with Crippen LogP contribution in [0.1, 0.15) is 16.7 Å². The molecule has 3 rings (SSSR count). The molecule has 0 spiro atoms. The average molecular weight is 350 g/mol. The van der Waals surface area contributed by atoms with Crippen molar-refractivity contribution in [3.63, 3.8) is 0 Å². The fourth-order valence-electron chi connectivity index (χ4n) is 3.00. The summed E-state index contributed by atoms with van der Waals surface area (Å²) < 4.78 is 0. The van der Waals surface area contributed by atoms with Gasteiger partial charge in [-0.3, -0.25) is 9.80 Å². The van der Waals surface area contributed by atoms with Crippen molar-refractivity contribution < 1.29 is 0 Å². The number of hydrogen-bond donors (Lipinski definition) is 0.